The molecule has 1 heterocycles. The number of benzene rings is 1. The van der Waals surface area contributed by atoms with Gasteiger partial charge in [-0.15, -0.1) is 11.3 Å². The first-order chi connectivity index (χ1) is 8.99. The second-order valence-electron chi connectivity index (χ2n) is 3.55. The molecule has 0 saturated carbocycles. The van der Waals surface area contributed by atoms with E-state index in [9.17, 15) is 9.59 Å². The van der Waals surface area contributed by atoms with Gasteiger partial charge in [0.15, 0.2) is 0 Å². The van der Waals surface area contributed by atoms with Gasteiger partial charge in [-0.2, -0.15) is 0 Å². The molecule has 0 aliphatic rings. The van der Waals surface area contributed by atoms with E-state index in [0.717, 1.165) is 14.9 Å². The minimum absolute atomic E-state index is 0.120. The van der Waals surface area contributed by atoms with Gasteiger partial charge in [-0.25, -0.2) is 4.79 Å². The first-order valence-electron chi connectivity index (χ1n) is 5.06. The molecular formula is C12H7BrINO3S. The molecule has 0 bridgehead atoms. The Hall–Kier alpha value is -0.930. The molecule has 0 saturated heterocycles. The van der Waals surface area contributed by atoms with Crippen LogP contribution in [0, 0.1) is 3.57 Å². The number of hydrogen-bond donors (Lipinski definition) is 2. The van der Waals surface area contributed by atoms with Crippen LogP contribution in [0.4, 0.5) is 5.69 Å². The van der Waals surface area contributed by atoms with E-state index in [4.69, 9.17) is 5.11 Å². The number of hydrogen-bond acceptors (Lipinski definition) is 3. The van der Waals surface area contributed by atoms with Crippen LogP contribution in [0.15, 0.2) is 34.1 Å². The van der Waals surface area contributed by atoms with Crippen molar-refractivity contribution in [3.05, 3.63) is 48.1 Å². The van der Waals surface area contributed by atoms with Crippen LogP contribution >= 0.6 is 49.9 Å². The summed E-state index contributed by atoms with van der Waals surface area (Å²) in [6.07, 6.45) is 0. The Kier molecular flexibility index (Phi) is 4.58. The van der Waals surface area contributed by atoms with Gasteiger partial charge in [0.2, 0.25) is 0 Å². The Balaban J connectivity index is 2.28. The van der Waals surface area contributed by atoms with E-state index in [0.29, 0.717) is 15.7 Å². The fourth-order valence-corrected chi connectivity index (χ4v) is 3.04. The van der Waals surface area contributed by atoms with Gasteiger partial charge >= 0.3 is 5.97 Å². The zero-order valence-corrected chi connectivity index (χ0v) is 13.9. The van der Waals surface area contributed by atoms with Gasteiger partial charge in [-0.1, -0.05) is 0 Å². The molecule has 2 N–H and O–H groups in total. The number of carbonyl (C=O) groups excluding carboxylic acids is 1. The summed E-state index contributed by atoms with van der Waals surface area (Å²) in [4.78, 5) is 23.2. The van der Waals surface area contributed by atoms with Gasteiger partial charge in [0, 0.05) is 8.04 Å². The smallest absolute Gasteiger partial charge is 0.348 e. The lowest BCUT2D eigenvalue weighted by Gasteiger charge is -2.07. The maximum Gasteiger partial charge on any atom is 0.348 e. The van der Waals surface area contributed by atoms with Crippen molar-refractivity contribution in [3.63, 3.8) is 0 Å². The third kappa shape index (κ3) is 3.34. The van der Waals surface area contributed by atoms with E-state index in [2.05, 4.69) is 43.8 Å². The van der Waals surface area contributed by atoms with E-state index >= 15 is 0 Å². The molecule has 2 rings (SSSR count). The second kappa shape index (κ2) is 6.02. The maximum absolute atomic E-state index is 12.1. The standard InChI is InChI=1S/C12H7BrINO3S/c13-8-2-1-6(14)5-7(8)11(16)15-9-3-4-19-10(9)12(17)18/h1-5H,(H,15,16)(H,17,18). The number of anilines is 1. The zero-order valence-electron chi connectivity index (χ0n) is 9.31. The molecule has 1 aromatic carbocycles. The fraction of sp³-hybridized carbons (Fsp3) is 0. The average molecular weight is 452 g/mol. The fourth-order valence-electron chi connectivity index (χ4n) is 1.43. The SMILES string of the molecule is O=C(Nc1ccsc1C(=O)O)c1cc(I)ccc1Br. The summed E-state index contributed by atoms with van der Waals surface area (Å²) in [7, 11) is 0. The molecule has 7 heteroatoms. The molecule has 0 radical (unpaired) electrons. The molecule has 19 heavy (non-hydrogen) atoms. The average Bonchev–Trinajstić information content (AvgIpc) is 2.80. The third-order valence-electron chi connectivity index (χ3n) is 2.28. The normalized spacial score (nSPS) is 10.2. The number of halogens is 2. The van der Waals surface area contributed by atoms with Crippen molar-refractivity contribution in [1.82, 2.24) is 0 Å². The van der Waals surface area contributed by atoms with Gasteiger partial charge in [0.05, 0.1) is 11.3 Å². The molecule has 0 aliphatic heterocycles. The van der Waals surface area contributed by atoms with E-state index < -0.39 is 5.97 Å². The van der Waals surface area contributed by atoms with Crippen LogP contribution in [-0.2, 0) is 0 Å². The van der Waals surface area contributed by atoms with Gasteiger partial charge in [0.1, 0.15) is 4.88 Å². The molecule has 0 aliphatic carbocycles. The summed E-state index contributed by atoms with van der Waals surface area (Å²) in [6, 6.07) is 6.96. The van der Waals surface area contributed by atoms with Crippen LogP contribution < -0.4 is 5.32 Å². The summed E-state index contributed by atoms with van der Waals surface area (Å²) in [5.41, 5.74) is 0.780. The number of thiophene rings is 1. The van der Waals surface area contributed by atoms with Crippen molar-refractivity contribution in [3.8, 4) is 0 Å². The lowest BCUT2D eigenvalue weighted by atomic mass is 10.2. The van der Waals surface area contributed by atoms with Crippen LogP contribution in [0.1, 0.15) is 20.0 Å². The Bertz CT molecular complexity index is 656. The molecule has 1 amide bonds. The van der Waals surface area contributed by atoms with Crippen molar-refractivity contribution in [1.29, 1.82) is 0 Å². The molecule has 0 fully saturated rings. The van der Waals surface area contributed by atoms with Crippen LogP contribution in [0.25, 0.3) is 0 Å². The molecule has 0 unspecified atom stereocenters. The van der Waals surface area contributed by atoms with Crippen molar-refractivity contribution < 1.29 is 14.7 Å². The molecule has 4 nitrogen and oxygen atoms in total. The highest BCUT2D eigenvalue weighted by Gasteiger charge is 2.16. The van der Waals surface area contributed by atoms with Gasteiger partial charge in [-0.3, -0.25) is 4.79 Å². The van der Waals surface area contributed by atoms with Crippen molar-refractivity contribution in [2.75, 3.05) is 5.32 Å². The minimum atomic E-state index is -1.05. The number of carboxylic acid groups (broad SMARTS) is 1. The number of carbonyl (C=O) groups is 2. The lowest BCUT2D eigenvalue weighted by molar-refractivity contribution is 0.0703. The molecule has 2 aromatic rings. The van der Waals surface area contributed by atoms with E-state index in [1.807, 2.05) is 6.07 Å². The minimum Gasteiger partial charge on any atom is -0.477 e. The van der Waals surface area contributed by atoms with Crippen LogP contribution in [-0.4, -0.2) is 17.0 Å². The molecule has 98 valence electrons. The predicted octanol–water partition coefficient (Wildman–Crippen LogP) is 4.07. The summed E-state index contributed by atoms with van der Waals surface area (Å²) in [6.45, 7) is 0. The molecule has 1 aromatic heterocycles. The van der Waals surface area contributed by atoms with Gasteiger partial charge in [-0.05, 0) is 68.2 Å². The first kappa shape index (κ1) is 14.5. The van der Waals surface area contributed by atoms with Crippen molar-refractivity contribution in [2.24, 2.45) is 0 Å². The zero-order chi connectivity index (χ0) is 14.0. The number of rotatable bonds is 3. The summed E-state index contributed by atoms with van der Waals surface area (Å²) >= 11 is 6.49. The topological polar surface area (TPSA) is 66.4 Å². The Morgan fingerprint density at radius 1 is 1.32 bits per heavy atom. The maximum atomic E-state index is 12.1. The number of carboxylic acids is 1. The number of amides is 1. The van der Waals surface area contributed by atoms with Crippen LogP contribution in [0.5, 0.6) is 0 Å². The number of aromatic carboxylic acids is 1. The highest BCUT2D eigenvalue weighted by molar-refractivity contribution is 14.1. The summed E-state index contributed by atoms with van der Waals surface area (Å²) in [5.74, 6) is -1.39. The Morgan fingerprint density at radius 3 is 2.74 bits per heavy atom. The van der Waals surface area contributed by atoms with Gasteiger partial charge < -0.3 is 10.4 Å². The predicted molar refractivity (Wildman–Crippen MR) is 86.1 cm³/mol. The highest BCUT2D eigenvalue weighted by atomic mass is 127. The highest BCUT2D eigenvalue weighted by Crippen LogP contribution is 2.25. The van der Waals surface area contributed by atoms with Crippen LogP contribution in [0.2, 0.25) is 0 Å². The van der Waals surface area contributed by atoms with Crippen molar-refractivity contribution in [2.45, 2.75) is 0 Å². The quantitative estimate of drug-likeness (QED) is 0.691. The Morgan fingerprint density at radius 2 is 2.05 bits per heavy atom. The lowest BCUT2D eigenvalue weighted by Crippen LogP contribution is -2.14. The monoisotopic (exact) mass is 451 g/mol. The second-order valence-corrected chi connectivity index (χ2v) is 6.56. The Labute approximate surface area is 135 Å². The van der Waals surface area contributed by atoms with E-state index in [-0.39, 0.29) is 10.8 Å². The first-order valence-corrected chi connectivity index (χ1v) is 7.81. The van der Waals surface area contributed by atoms with Crippen LogP contribution in [0.3, 0.4) is 0 Å². The molecular weight excluding hydrogens is 445 g/mol. The summed E-state index contributed by atoms with van der Waals surface area (Å²) < 4.78 is 1.59. The van der Waals surface area contributed by atoms with Gasteiger partial charge in [0.25, 0.3) is 5.91 Å². The molecule has 0 spiro atoms. The van der Waals surface area contributed by atoms with E-state index in [1.54, 1.807) is 23.6 Å². The van der Waals surface area contributed by atoms with Crippen molar-refractivity contribution >= 4 is 67.4 Å². The molecule has 0 atom stereocenters. The number of nitrogens with one attached hydrogen (secondary N) is 1. The van der Waals surface area contributed by atoms with E-state index in [1.165, 1.54) is 0 Å². The summed E-state index contributed by atoms with van der Waals surface area (Å²) in [5, 5.41) is 13.2. The third-order valence-corrected chi connectivity index (χ3v) is 4.55. The largest absolute Gasteiger partial charge is 0.477 e.